The number of hydrogen-bond acceptors (Lipinski definition) is 3. The van der Waals surface area contributed by atoms with Crippen molar-refractivity contribution in [3.8, 4) is 5.75 Å². The third-order valence-electron chi connectivity index (χ3n) is 2.56. The number of aliphatic hydroxyl groups is 1. The second-order valence-corrected chi connectivity index (χ2v) is 5.43. The van der Waals surface area contributed by atoms with Crippen molar-refractivity contribution >= 4 is 27.3 Å². The minimum Gasteiger partial charge on any atom is -0.496 e. The highest BCUT2D eigenvalue weighted by Crippen LogP contribution is 2.30. The molecule has 1 aromatic carbocycles. The Labute approximate surface area is 113 Å². The van der Waals surface area contributed by atoms with Gasteiger partial charge in [-0.25, -0.2) is 0 Å². The highest BCUT2D eigenvalue weighted by Gasteiger charge is 2.14. The van der Waals surface area contributed by atoms with Crippen LogP contribution in [0.4, 0.5) is 0 Å². The van der Waals surface area contributed by atoms with Crippen molar-refractivity contribution < 1.29 is 9.84 Å². The highest BCUT2D eigenvalue weighted by atomic mass is 79.9. The molecule has 0 aliphatic rings. The first-order valence-electron chi connectivity index (χ1n) is 5.23. The summed E-state index contributed by atoms with van der Waals surface area (Å²) in [5.74, 6) is 0.718. The van der Waals surface area contributed by atoms with Crippen LogP contribution in [-0.4, -0.2) is 12.2 Å². The van der Waals surface area contributed by atoms with Crippen LogP contribution < -0.4 is 4.74 Å². The zero-order chi connectivity index (χ0) is 12.3. The van der Waals surface area contributed by atoms with Gasteiger partial charge in [0.05, 0.1) is 13.2 Å². The van der Waals surface area contributed by atoms with Gasteiger partial charge in [-0.15, -0.1) is 0 Å². The third kappa shape index (κ3) is 3.09. The zero-order valence-corrected chi connectivity index (χ0v) is 11.8. The average Bonchev–Trinajstić information content (AvgIpc) is 2.81. The molecule has 4 heteroatoms. The van der Waals surface area contributed by atoms with Crippen molar-refractivity contribution in [1.29, 1.82) is 0 Å². The van der Waals surface area contributed by atoms with E-state index in [2.05, 4.69) is 15.9 Å². The van der Waals surface area contributed by atoms with Crippen LogP contribution in [-0.2, 0) is 6.42 Å². The van der Waals surface area contributed by atoms with Gasteiger partial charge in [0.2, 0.25) is 0 Å². The fourth-order valence-corrected chi connectivity index (χ4v) is 2.77. The molecule has 0 aliphatic carbocycles. The number of benzene rings is 1. The smallest absolute Gasteiger partial charge is 0.124 e. The molecule has 0 fully saturated rings. The molecule has 17 heavy (non-hydrogen) atoms. The predicted molar refractivity (Wildman–Crippen MR) is 73.7 cm³/mol. The van der Waals surface area contributed by atoms with E-state index in [1.54, 1.807) is 18.4 Å². The molecular formula is C13H13BrO2S. The number of thiophene rings is 1. The molecule has 0 saturated carbocycles. The molecule has 0 bridgehead atoms. The van der Waals surface area contributed by atoms with Crippen LogP contribution in [0, 0.1) is 0 Å². The average molecular weight is 313 g/mol. The van der Waals surface area contributed by atoms with E-state index in [0.717, 1.165) is 21.3 Å². The lowest BCUT2D eigenvalue weighted by molar-refractivity contribution is 0.174. The van der Waals surface area contributed by atoms with Gasteiger partial charge in [-0.2, -0.15) is 11.3 Å². The quantitative estimate of drug-likeness (QED) is 0.930. The molecule has 1 unspecified atom stereocenters. The van der Waals surface area contributed by atoms with E-state index in [9.17, 15) is 5.11 Å². The number of halogens is 1. The molecule has 2 aromatic rings. The summed E-state index contributed by atoms with van der Waals surface area (Å²) in [6.45, 7) is 0. The first-order valence-corrected chi connectivity index (χ1v) is 6.97. The summed E-state index contributed by atoms with van der Waals surface area (Å²) in [5.41, 5.74) is 1.96. The molecule has 0 saturated heterocycles. The molecule has 0 amide bonds. The molecule has 0 spiro atoms. The Morgan fingerprint density at radius 2 is 2.24 bits per heavy atom. The van der Waals surface area contributed by atoms with Gasteiger partial charge in [-0.3, -0.25) is 0 Å². The standard InChI is InChI=1S/C13H13BrO2S/c1-16-13-3-2-10(14)7-11(13)12(15)6-9-4-5-17-8-9/h2-5,7-8,12,15H,6H2,1H3. The molecule has 1 atom stereocenters. The highest BCUT2D eigenvalue weighted by molar-refractivity contribution is 9.10. The molecule has 2 rings (SSSR count). The normalized spacial score (nSPS) is 12.4. The molecule has 1 aromatic heterocycles. The van der Waals surface area contributed by atoms with E-state index in [0.29, 0.717) is 6.42 Å². The summed E-state index contributed by atoms with van der Waals surface area (Å²) < 4.78 is 6.20. The largest absolute Gasteiger partial charge is 0.496 e. The number of hydrogen-bond donors (Lipinski definition) is 1. The van der Waals surface area contributed by atoms with Crippen LogP contribution in [0.3, 0.4) is 0 Å². The molecular weight excluding hydrogens is 300 g/mol. The van der Waals surface area contributed by atoms with Crippen molar-refractivity contribution in [1.82, 2.24) is 0 Å². The summed E-state index contributed by atoms with van der Waals surface area (Å²) in [6.07, 6.45) is 0.0631. The Kier molecular flexibility index (Phi) is 4.20. The fourth-order valence-electron chi connectivity index (χ4n) is 1.71. The lowest BCUT2D eigenvalue weighted by Crippen LogP contribution is -2.03. The summed E-state index contributed by atoms with van der Waals surface area (Å²) >= 11 is 5.05. The summed E-state index contributed by atoms with van der Waals surface area (Å²) in [4.78, 5) is 0. The Morgan fingerprint density at radius 1 is 1.41 bits per heavy atom. The van der Waals surface area contributed by atoms with Crippen molar-refractivity contribution in [3.05, 3.63) is 50.6 Å². The first-order chi connectivity index (χ1) is 8.20. The van der Waals surface area contributed by atoms with Gasteiger partial charge in [0.25, 0.3) is 0 Å². The Hall–Kier alpha value is -0.840. The summed E-state index contributed by atoms with van der Waals surface area (Å²) in [5, 5.41) is 14.3. The van der Waals surface area contributed by atoms with Crippen LogP contribution in [0.2, 0.25) is 0 Å². The van der Waals surface area contributed by atoms with Gasteiger partial charge in [0.1, 0.15) is 5.75 Å². The first kappa shape index (κ1) is 12.6. The molecule has 90 valence electrons. The molecule has 0 aliphatic heterocycles. The Balaban J connectivity index is 2.23. The maximum absolute atomic E-state index is 10.2. The minimum absolute atomic E-state index is 0.544. The van der Waals surface area contributed by atoms with E-state index in [4.69, 9.17) is 4.74 Å². The van der Waals surface area contributed by atoms with Crippen LogP contribution in [0.15, 0.2) is 39.5 Å². The number of rotatable bonds is 4. The van der Waals surface area contributed by atoms with E-state index < -0.39 is 6.10 Å². The van der Waals surface area contributed by atoms with Gasteiger partial charge < -0.3 is 9.84 Å². The molecule has 1 heterocycles. The monoisotopic (exact) mass is 312 g/mol. The SMILES string of the molecule is COc1ccc(Br)cc1C(O)Cc1ccsc1. The van der Waals surface area contributed by atoms with Gasteiger partial charge in [0.15, 0.2) is 0 Å². The molecule has 0 radical (unpaired) electrons. The Morgan fingerprint density at radius 3 is 2.88 bits per heavy atom. The zero-order valence-electron chi connectivity index (χ0n) is 9.39. The lowest BCUT2D eigenvalue weighted by atomic mass is 10.0. The predicted octanol–water partition coefficient (Wildman–Crippen LogP) is 3.80. The third-order valence-corrected chi connectivity index (χ3v) is 3.79. The van der Waals surface area contributed by atoms with Crippen LogP contribution in [0.1, 0.15) is 17.2 Å². The van der Waals surface area contributed by atoms with Crippen molar-refractivity contribution in [2.24, 2.45) is 0 Å². The molecule has 2 nitrogen and oxygen atoms in total. The minimum atomic E-state index is -0.544. The van der Waals surface area contributed by atoms with Crippen LogP contribution in [0.25, 0.3) is 0 Å². The van der Waals surface area contributed by atoms with Crippen LogP contribution >= 0.6 is 27.3 Å². The molecule has 1 N–H and O–H groups in total. The van der Waals surface area contributed by atoms with E-state index in [1.807, 2.05) is 35.0 Å². The lowest BCUT2D eigenvalue weighted by Gasteiger charge is -2.14. The van der Waals surface area contributed by atoms with Crippen LogP contribution in [0.5, 0.6) is 5.75 Å². The van der Waals surface area contributed by atoms with Gasteiger partial charge in [-0.05, 0) is 40.6 Å². The van der Waals surface area contributed by atoms with Gasteiger partial charge in [0, 0.05) is 16.5 Å². The Bertz CT molecular complexity index is 482. The van der Waals surface area contributed by atoms with Gasteiger partial charge in [-0.1, -0.05) is 15.9 Å². The number of ether oxygens (including phenoxy) is 1. The van der Waals surface area contributed by atoms with Gasteiger partial charge >= 0.3 is 0 Å². The van der Waals surface area contributed by atoms with Crippen molar-refractivity contribution in [3.63, 3.8) is 0 Å². The van der Waals surface area contributed by atoms with Crippen molar-refractivity contribution in [2.45, 2.75) is 12.5 Å². The van der Waals surface area contributed by atoms with Crippen molar-refractivity contribution in [2.75, 3.05) is 7.11 Å². The topological polar surface area (TPSA) is 29.5 Å². The summed E-state index contributed by atoms with van der Waals surface area (Å²) in [7, 11) is 1.62. The van der Waals surface area contributed by atoms with E-state index in [-0.39, 0.29) is 0 Å². The fraction of sp³-hybridized carbons (Fsp3) is 0.231. The summed E-state index contributed by atoms with van der Waals surface area (Å²) in [6, 6.07) is 7.68. The van der Waals surface area contributed by atoms with E-state index in [1.165, 1.54) is 0 Å². The number of aliphatic hydroxyl groups excluding tert-OH is 1. The maximum atomic E-state index is 10.2. The number of methoxy groups -OCH3 is 1. The second-order valence-electron chi connectivity index (χ2n) is 3.74. The van der Waals surface area contributed by atoms with E-state index >= 15 is 0 Å². The second kappa shape index (κ2) is 5.67. The maximum Gasteiger partial charge on any atom is 0.124 e.